The van der Waals surface area contributed by atoms with Crippen LogP contribution in [0.4, 0.5) is 17.5 Å². The van der Waals surface area contributed by atoms with E-state index in [4.69, 9.17) is 23.2 Å². The van der Waals surface area contributed by atoms with Crippen LogP contribution < -0.4 is 10.6 Å². The van der Waals surface area contributed by atoms with Gasteiger partial charge in [0.1, 0.15) is 5.82 Å². The molecule has 0 saturated heterocycles. The highest BCUT2D eigenvalue weighted by Crippen LogP contribution is 2.27. The number of halogens is 2. The van der Waals surface area contributed by atoms with E-state index in [1.165, 1.54) is 0 Å². The molecule has 7 heteroatoms. The van der Waals surface area contributed by atoms with Gasteiger partial charge in [-0.05, 0) is 43.7 Å². The zero-order chi connectivity index (χ0) is 18.5. The fourth-order valence-electron chi connectivity index (χ4n) is 2.34. The molecule has 0 amide bonds. The van der Waals surface area contributed by atoms with E-state index in [2.05, 4.69) is 39.4 Å². The largest absolute Gasteiger partial charge is 0.352 e. The van der Waals surface area contributed by atoms with Gasteiger partial charge >= 0.3 is 0 Å². The summed E-state index contributed by atoms with van der Waals surface area (Å²) >= 11 is 12.2. The summed E-state index contributed by atoms with van der Waals surface area (Å²) in [6.45, 7) is 4.20. The van der Waals surface area contributed by atoms with Crippen LogP contribution in [0.5, 0.6) is 0 Å². The minimum absolute atomic E-state index is 0.260. The van der Waals surface area contributed by atoms with Crippen LogP contribution in [0, 0.1) is 0 Å². The number of benzene rings is 1. The Hall–Kier alpha value is -2.37. The molecule has 0 aliphatic carbocycles. The van der Waals surface area contributed by atoms with Gasteiger partial charge in [-0.2, -0.15) is 4.98 Å². The van der Waals surface area contributed by atoms with Gasteiger partial charge in [0, 0.05) is 45.8 Å². The van der Waals surface area contributed by atoms with Crippen LogP contribution >= 0.6 is 23.2 Å². The molecule has 3 rings (SSSR count). The number of nitrogens with one attached hydrogen (secondary N) is 2. The van der Waals surface area contributed by atoms with E-state index in [1.54, 1.807) is 30.6 Å². The summed E-state index contributed by atoms with van der Waals surface area (Å²) in [7, 11) is 0. The van der Waals surface area contributed by atoms with Gasteiger partial charge in [-0.3, -0.25) is 4.98 Å². The first kappa shape index (κ1) is 18.4. The Kier molecular flexibility index (Phi) is 5.91. The normalized spacial score (nSPS) is 11.8. The van der Waals surface area contributed by atoms with Crippen molar-refractivity contribution in [2.45, 2.75) is 26.3 Å². The lowest BCUT2D eigenvalue weighted by atomic mass is 10.2. The van der Waals surface area contributed by atoms with Crippen LogP contribution in [0.3, 0.4) is 0 Å². The quantitative estimate of drug-likeness (QED) is 0.559. The van der Waals surface area contributed by atoms with Crippen molar-refractivity contribution in [3.05, 3.63) is 58.8 Å². The molecule has 3 aromatic rings. The van der Waals surface area contributed by atoms with Crippen molar-refractivity contribution in [2.24, 2.45) is 0 Å². The van der Waals surface area contributed by atoms with Crippen molar-refractivity contribution in [2.75, 3.05) is 10.6 Å². The summed E-state index contributed by atoms with van der Waals surface area (Å²) < 4.78 is 0. The van der Waals surface area contributed by atoms with E-state index in [1.807, 2.05) is 18.2 Å². The van der Waals surface area contributed by atoms with Gasteiger partial charge in [-0.1, -0.05) is 30.1 Å². The Morgan fingerprint density at radius 3 is 2.35 bits per heavy atom. The van der Waals surface area contributed by atoms with Crippen molar-refractivity contribution in [3.8, 4) is 11.3 Å². The maximum atomic E-state index is 6.09. The zero-order valence-corrected chi connectivity index (χ0v) is 16.0. The molecule has 0 saturated carbocycles. The highest BCUT2D eigenvalue weighted by atomic mass is 35.5. The minimum atomic E-state index is 0.260. The Bertz CT molecular complexity index is 866. The van der Waals surface area contributed by atoms with Crippen LogP contribution in [-0.2, 0) is 0 Å². The van der Waals surface area contributed by atoms with Crippen LogP contribution in [0.1, 0.15) is 20.3 Å². The van der Waals surface area contributed by atoms with Gasteiger partial charge in [0.2, 0.25) is 5.95 Å². The first-order valence-electron chi connectivity index (χ1n) is 8.32. The number of hydrogen-bond donors (Lipinski definition) is 2. The molecule has 2 aromatic heterocycles. The Morgan fingerprint density at radius 1 is 1.00 bits per heavy atom. The smallest absolute Gasteiger partial charge is 0.225 e. The molecular weight excluding hydrogens is 369 g/mol. The molecule has 0 radical (unpaired) electrons. The third kappa shape index (κ3) is 4.84. The molecule has 1 aromatic carbocycles. The number of aromatic nitrogens is 3. The maximum Gasteiger partial charge on any atom is 0.225 e. The predicted molar refractivity (Wildman–Crippen MR) is 108 cm³/mol. The zero-order valence-electron chi connectivity index (χ0n) is 14.5. The Balaban J connectivity index is 1.98. The molecule has 26 heavy (non-hydrogen) atoms. The summed E-state index contributed by atoms with van der Waals surface area (Å²) in [4.78, 5) is 13.3. The molecule has 0 bridgehead atoms. The predicted octanol–water partition coefficient (Wildman–Crippen LogP) is 5.80. The molecule has 2 heterocycles. The van der Waals surface area contributed by atoms with E-state index < -0.39 is 0 Å². The lowest BCUT2D eigenvalue weighted by Crippen LogP contribution is -2.16. The molecule has 0 spiro atoms. The molecule has 0 fully saturated rings. The van der Waals surface area contributed by atoms with Gasteiger partial charge in [-0.15, -0.1) is 0 Å². The topological polar surface area (TPSA) is 62.7 Å². The molecule has 5 nitrogen and oxygen atoms in total. The number of nitrogens with zero attached hydrogens (tertiary/aromatic N) is 3. The highest BCUT2D eigenvalue weighted by molar-refractivity contribution is 6.35. The average molecular weight is 388 g/mol. The van der Waals surface area contributed by atoms with Gasteiger partial charge in [0.15, 0.2) is 0 Å². The van der Waals surface area contributed by atoms with Gasteiger partial charge in [0.05, 0.1) is 5.69 Å². The van der Waals surface area contributed by atoms with Crippen molar-refractivity contribution in [1.82, 2.24) is 15.0 Å². The van der Waals surface area contributed by atoms with Crippen LogP contribution in [0.2, 0.25) is 10.0 Å². The summed E-state index contributed by atoms with van der Waals surface area (Å²) in [5.74, 6) is 1.21. The fourth-order valence-corrected chi connectivity index (χ4v) is 2.87. The van der Waals surface area contributed by atoms with E-state index in [9.17, 15) is 0 Å². The molecule has 134 valence electrons. The van der Waals surface area contributed by atoms with E-state index >= 15 is 0 Å². The number of anilines is 3. The third-order valence-corrected chi connectivity index (χ3v) is 4.26. The number of rotatable bonds is 6. The highest BCUT2D eigenvalue weighted by Gasteiger charge is 2.10. The first-order chi connectivity index (χ1) is 12.5. The number of hydrogen-bond acceptors (Lipinski definition) is 5. The van der Waals surface area contributed by atoms with Crippen molar-refractivity contribution >= 4 is 40.7 Å². The Labute approximate surface area is 162 Å². The Morgan fingerprint density at radius 2 is 1.69 bits per heavy atom. The first-order valence-corrected chi connectivity index (χ1v) is 9.08. The third-order valence-electron chi connectivity index (χ3n) is 3.83. The molecule has 0 aliphatic heterocycles. The van der Waals surface area contributed by atoms with Crippen molar-refractivity contribution < 1.29 is 0 Å². The molecule has 0 unspecified atom stereocenters. The van der Waals surface area contributed by atoms with E-state index in [0.717, 1.165) is 23.4 Å². The second kappa shape index (κ2) is 8.34. The van der Waals surface area contributed by atoms with Crippen LogP contribution in [0.15, 0.2) is 48.8 Å². The van der Waals surface area contributed by atoms with Gasteiger partial charge < -0.3 is 10.6 Å². The standard InChI is InChI=1S/C19H19Cl2N5/c1-3-12(2)23-19-25-17(13-4-6-22-7-5-13)11-18(26-19)24-16-9-14(20)8-15(21)10-16/h4-12H,3H2,1-2H3,(H2,23,24,25,26)/t12-/m1/s1. The fraction of sp³-hybridized carbons (Fsp3) is 0.211. The van der Waals surface area contributed by atoms with Crippen LogP contribution in [0.25, 0.3) is 11.3 Å². The second-order valence-corrected chi connectivity index (χ2v) is 6.81. The lowest BCUT2D eigenvalue weighted by molar-refractivity contribution is 0.753. The summed E-state index contributed by atoms with van der Waals surface area (Å²) in [6.07, 6.45) is 4.45. The average Bonchev–Trinajstić information content (AvgIpc) is 2.61. The monoisotopic (exact) mass is 387 g/mol. The van der Waals surface area contributed by atoms with E-state index in [0.29, 0.717) is 21.8 Å². The SMILES string of the molecule is CC[C@@H](C)Nc1nc(Nc2cc(Cl)cc(Cl)c2)cc(-c2ccncc2)n1. The molecule has 0 aliphatic rings. The van der Waals surface area contributed by atoms with Crippen molar-refractivity contribution in [1.29, 1.82) is 0 Å². The number of pyridine rings is 1. The maximum absolute atomic E-state index is 6.09. The summed E-state index contributed by atoms with van der Waals surface area (Å²) in [6, 6.07) is 11.2. The second-order valence-electron chi connectivity index (χ2n) is 5.93. The molecule has 2 N–H and O–H groups in total. The minimum Gasteiger partial charge on any atom is -0.352 e. The lowest BCUT2D eigenvalue weighted by Gasteiger charge is -2.15. The van der Waals surface area contributed by atoms with Crippen LogP contribution in [-0.4, -0.2) is 21.0 Å². The molecule has 1 atom stereocenters. The van der Waals surface area contributed by atoms with Gasteiger partial charge in [-0.25, -0.2) is 4.98 Å². The molecular formula is C19H19Cl2N5. The summed E-state index contributed by atoms with van der Waals surface area (Å²) in [5.41, 5.74) is 2.52. The van der Waals surface area contributed by atoms with E-state index in [-0.39, 0.29) is 6.04 Å². The van der Waals surface area contributed by atoms with Crippen molar-refractivity contribution in [3.63, 3.8) is 0 Å². The summed E-state index contributed by atoms with van der Waals surface area (Å²) in [5, 5.41) is 7.69. The van der Waals surface area contributed by atoms with Gasteiger partial charge in [0.25, 0.3) is 0 Å².